The van der Waals surface area contributed by atoms with Crippen LogP contribution in [0.15, 0.2) is 59.7 Å². The summed E-state index contributed by atoms with van der Waals surface area (Å²) in [5.74, 6) is 4.51. The number of aromatic nitrogens is 1. The smallest absolute Gasteiger partial charge is 0.254 e. The molecule has 1 aliphatic rings. The van der Waals surface area contributed by atoms with E-state index in [0.717, 1.165) is 38.4 Å². The fourth-order valence-electron chi connectivity index (χ4n) is 3.53. The molecule has 1 aliphatic heterocycles. The molecule has 0 bridgehead atoms. The molecule has 3 N–H and O–H groups in total. The second kappa shape index (κ2) is 9.60. The lowest BCUT2D eigenvalue weighted by Crippen LogP contribution is -2.35. The first-order valence-corrected chi connectivity index (χ1v) is 10.2. The maximum absolute atomic E-state index is 14.7. The van der Waals surface area contributed by atoms with Gasteiger partial charge in [0, 0.05) is 54.3 Å². The maximum Gasteiger partial charge on any atom is 0.254 e. The molecular weight excluding hydrogens is 409 g/mol. The van der Waals surface area contributed by atoms with Crippen LogP contribution in [0.3, 0.4) is 0 Å². The Hall–Kier alpha value is -3.73. The van der Waals surface area contributed by atoms with Gasteiger partial charge in [0.05, 0.1) is 13.2 Å². The fraction of sp³-hybridized carbons (Fsp3) is 0.200. The Morgan fingerprint density at radius 2 is 1.72 bits per heavy atom. The largest absolute Gasteiger partial charge is 0.379 e. The molecule has 0 saturated carbocycles. The van der Waals surface area contributed by atoms with Gasteiger partial charge in [-0.15, -0.1) is 0 Å². The average molecular weight is 431 g/mol. The molecule has 4 rings (SSSR count). The number of aromatic amines is 1. The van der Waals surface area contributed by atoms with E-state index in [-0.39, 0.29) is 16.7 Å². The van der Waals surface area contributed by atoms with E-state index in [2.05, 4.69) is 21.7 Å². The number of primary amides is 1. The third kappa shape index (κ3) is 4.94. The molecule has 0 atom stereocenters. The molecule has 0 spiro atoms. The van der Waals surface area contributed by atoms with E-state index in [1.807, 2.05) is 24.3 Å². The summed E-state index contributed by atoms with van der Waals surface area (Å²) in [6.07, 6.45) is 2.55. The van der Waals surface area contributed by atoms with Gasteiger partial charge >= 0.3 is 0 Å². The molecule has 1 fully saturated rings. The molecule has 0 radical (unpaired) electrons. The Labute approximate surface area is 184 Å². The highest BCUT2D eigenvalue weighted by molar-refractivity contribution is 5.93. The average Bonchev–Trinajstić information content (AvgIpc) is 2.80. The van der Waals surface area contributed by atoms with Gasteiger partial charge in [-0.3, -0.25) is 14.5 Å². The molecule has 2 heterocycles. The third-order valence-corrected chi connectivity index (χ3v) is 5.28. The van der Waals surface area contributed by atoms with Gasteiger partial charge in [0.2, 0.25) is 5.43 Å². The van der Waals surface area contributed by atoms with Crippen molar-refractivity contribution in [1.82, 2.24) is 9.88 Å². The first-order valence-electron chi connectivity index (χ1n) is 10.2. The van der Waals surface area contributed by atoms with Crippen LogP contribution in [-0.4, -0.2) is 42.1 Å². The molecule has 0 unspecified atom stereocenters. The van der Waals surface area contributed by atoms with Crippen LogP contribution in [0, 0.1) is 17.7 Å². The van der Waals surface area contributed by atoms with Crippen LogP contribution in [0.2, 0.25) is 0 Å². The topological polar surface area (TPSA) is 88.4 Å². The number of hydrogen-bond acceptors (Lipinski definition) is 4. The van der Waals surface area contributed by atoms with Crippen molar-refractivity contribution in [3.63, 3.8) is 0 Å². The number of pyridine rings is 1. The first-order chi connectivity index (χ1) is 15.5. The molecule has 0 aliphatic carbocycles. The van der Waals surface area contributed by atoms with E-state index in [1.165, 1.54) is 30.1 Å². The highest BCUT2D eigenvalue weighted by atomic mass is 19.1. The van der Waals surface area contributed by atoms with E-state index in [1.54, 1.807) is 6.07 Å². The number of carbonyl (C=O) groups excluding carboxylic acids is 1. The number of H-pyrrole nitrogens is 1. The predicted octanol–water partition coefficient (Wildman–Crippen LogP) is 2.51. The summed E-state index contributed by atoms with van der Waals surface area (Å²) in [6, 6.07) is 12.4. The first kappa shape index (κ1) is 21.5. The molecule has 2 aromatic carbocycles. The number of carbonyl (C=O) groups is 1. The number of hydrogen-bond donors (Lipinski definition) is 2. The molecule has 1 amide bonds. The number of amides is 1. The minimum absolute atomic E-state index is 0.0363. The lowest BCUT2D eigenvalue weighted by Gasteiger charge is -2.26. The summed E-state index contributed by atoms with van der Waals surface area (Å²) < 4.78 is 20.1. The summed E-state index contributed by atoms with van der Waals surface area (Å²) in [5, 5.41) is 0. The number of benzene rings is 2. The minimum atomic E-state index is -0.869. The van der Waals surface area contributed by atoms with Crippen molar-refractivity contribution in [3.8, 4) is 23.0 Å². The van der Waals surface area contributed by atoms with E-state index in [4.69, 9.17) is 10.5 Å². The van der Waals surface area contributed by atoms with E-state index >= 15 is 0 Å². The van der Waals surface area contributed by atoms with Crippen molar-refractivity contribution < 1.29 is 13.9 Å². The number of nitrogens with zero attached hydrogens (tertiary/aromatic N) is 1. The summed E-state index contributed by atoms with van der Waals surface area (Å²) in [4.78, 5) is 28.8. The SMILES string of the molecule is NC(=O)c1c[nH]cc(-c2ccc(C#Cc3ccc(CN4CCOCC4)cc3)cc2F)c1=O. The van der Waals surface area contributed by atoms with Crippen LogP contribution in [0.1, 0.15) is 27.0 Å². The van der Waals surface area contributed by atoms with Crippen molar-refractivity contribution in [2.45, 2.75) is 6.54 Å². The molecule has 1 aromatic heterocycles. The Bertz CT molecular complexity index is 1250. The van der Waals surface area contributed by atoms with Gasteiger partial charge in [-0.1, -0.05) is 24.0 Å². The number of nitrogens with one attached hydrogen (secondary N) is 1. The van der Waals surface area contributed by atoms with E-state index in [9.17, 15) is 14.0 Å². The molecule has 162 valence electrons. The number of ether oxygens (including phenoxy) is 1. The molecule has 32 heavy (non-hydrogen) atoms. The summed E-state index contributed by atoms with van der Waals surface area (Å²) >= 11 is 0. The van der Waals surface area contributed by atoms with Gasteiger partial charge in [-0.05, 0) is 35.9 Å². The molecule has 1 saturated heterocycles. The van der Waals surface area contributed by atoms with Crippen molar-refractivity contribution in [3.05, 3.63) is 93.2 Å². The quantitative estimate of drug-likeness (QED) is 0.622. The number of halogens is 1. The summed E-state index contributed by atoms with van der Waals surface area (Å²) in [7, 11) is 0. The van der Waals surface area contributed by atoms with Crippen LogP contribution in [-0.2, 0) is 11.3 Å². The van der Waals surface area contributed by atoms with Gasteiger partial charge in [0.15, 0.2) is 0 Å². The lowest BCUT2D eigenvalue weighted by atomic mass is 10.0. The Kier molecular flexibility index (Phi) is 6.45. The van der Waals surface area contributed by atoms with Crippen molar-refractivity contribution >= 4 is 5.91 Å². The predicted molar refractivity (Wildman–Crippen MR) is 119 cm³/mol. The number of nitrogens with two attached hydrogens (primary N) is 1. The Balaban J connectivity index is 1.50. The fourth-order valence-corrected chi connectivity index (χ4v) is 3.53. The van der Waals surface area contributed by atoms with Gasteiger partial charge in [-0.2, -0.15) is 0 Å². The van der Waals surface area contributed by atoms with Crippen LogP contribution in [0.25, 0.3) is 11.1 Å². The third-order valence-electron chi connectivity index (χ3n) is 5.28. The van der Waals surface area contributed by atoms with Crippen molar-refractivity contribution in [1.29, 1.82) is 0 Å². The van der Waals surface area contributed by atoms with Gasteiger partial charge < -0.3 is 15.5 Å². The summed E-state index contributed by atoms with van der Waals surface area (Å²) in [6.45, 7) is 4.27. The molecule has 3 aromatic rings. The van der Waals surface area contributed by atoms with Crippen LogP contribution >= 0.6 is 0 Å². The van der Waals surface area contributed by atoms with E-state index in [0.29, 0.717) is 5.56 Å². The molecular formula is C25H22FN3O3. The zero-order valence-electron chi connectivity index (χ0n) is 17.4. The second-order valence-corrected chi connectivity index (χ2v) is 7.51. The standard InChI is InChI=1S/C25H22FN3O3/c26-23-13-18(7-8-20(23)21-14-28-15-22(24(21)30)25(27)31)4-1-17-2-5-19(6-3-17)16-29-9-11-32-12-10-29/h2-3,5-8,13-15H,9-12,16H2,(H2,27,31)(H,28,30). The van der Waals surface area contributed by atoms with Crippen LogP contribution in [0.5, 0.6) is 0 Å². The van der Waals surface area contributed by atoms with Crippen LogP contribution < -0.4 is 11.2 Å². The zero-order chi connectivity index (χ0) is 22.5. The number of rotatable bonds is 4. The van der Waals surface area contributed by atoms with E-state index < -0.39 is 17.2 Å². The maximum atomic E-state index is 14.7. The minimum Gasteiger partial charge on any atom is -0.379 e. The highest BCUT2D eigenvalue weighted by Crippen LogP contribution is 2.20. The second-order valence-electron chi connectivity index (χ2n) is 7.51. The van der Waals surface area contributed by atoms with Crippen molar-refractivity contribution in [2.75, 3.05) is 26.3 Å². The molecule has 7 heteroatoms. The highest BCUT2D eigenvalue weighted by Gasteiger charge is 2.15. The Morgan fingerprint density at radius 1 is 1.03 bits per heavy atom. The van der Waals surface area contributed by atoms with Crippen molar-refractivity contribution in [2.24, 2.45) is 5.73 Å². The lowest BCUT2D eigenvalue weighted by molar-refractivity contribution is 0.0342. The van der Waals surface area contributed by atoms with Gasteiger partial charge in [0.1, 0.15) is 11.4 Å². The normalized spacial score (nSPS) is 13.9. The van der Waals surface area contributed by atoms with Gasteiger partial charge in [-0.25, -0.2) is 4.39 Å². The Morgan fingerprint density at radius 3 is 2.41 bits per heavy atom. The summed E-state index contributed by atoms with van der Waals surface area (Å²) in [5.41, 5.74) is 6.98. The number of morpholine rings is 1. The van der Waals surface area contributed by atoms with Crippen LogP contribution in [0.4, 0.5) is 4.39 Å². The zero-order valence-corrected chi connectivity index (χ0v) is 17.4. The molecule has 6 nitrogen and oxygen atoms in total. The van der Waals surface area contributed by atoms with Gasteiger partial charge in [0.25, 0.3) is 5.91 Å². The monoisotopic (exact) mass is 431 g/mol.